The van der Waals surface area contributed by atoms with Crippen LogP contribution in [0.2, 0.25) is 0 Å². The van der Waals surface area contributed by atoms with E-state index < -0.39 is 0 Å². The number of aryl methyl sites for hydroxylation is 1. The third-order valence-corrected chi connectivity index (χ3v) is 5.84. The van der Waals surface area contributed by atoms with Crippen LogP contribution in [0.3, 0.4) is 0 Å². The van der Waals surface area contributed by atoms with E-state index in [1.807, 2.05) is 56.4 Å². The number of likely N-dealkylation sites (N-methyl/N-ethyl adjacent to an activating group) is 1. The van der Waals surface area contributed by atoms with E-state index in [4.69, 9.17) is 0 Å². The largest absolute Gasteiger partial charge is 0.341 e. The number of carbonyl (C=O) groups is 1. The fourth-order valence-corrected chi connectivity index (χ4v) is 4.09. The van der Waals surface area contributed by atoms with Gasteiger partial charge in [0.05, 0.1) is 0 Å². The number of aromatic nitrogens is 2. The Labute approximate surface area is 176 Å². The molecule has 30 heavy (non-hydrogen) atoms. The van der Waals surface area contributed by atoms with Crippen molar-refractivity contribution in [1.29, 1.82) is 0 Å². The van der Waals surface area contributed by atoms with Crippen molar-refractivity contribution in [2.75, 3.05) is 20.1 Å². The molecule has 1 aliphatic heterocycles. The lowest BCUT2D eigenvalue weighted by Crippen LogP contribution is -2.48. The molecular weight excluding hydrogens is 379 g/mol. The smallest absolute Gasteiger partial charge is 0.274 e. The summed E-state index contributed by atoms with van der Waals surface area (Å²) in [6.45, 7) is 4.08. The van der Waals surface area contributed by atoms with Gasteiger partial charge in [0.15, 0.2) is 0 Å². The molecule has 1 amide bonds. The Morgan fingerprint density at radius 1 is 1.20 bits per heavy atom. The zero-order valence-electron chi connectivity index (χ0n) is 17.4. The van der Waals surface area contributed by atoms with Gasteiger partial charge in [0.1, 0.15) is 17.3 Å². The molecule has 1 fully saturated rings. The highest BCUT2D eigenvalue weighted by Crippen LogP contribution is 2.22. The van der Waals surface area contributed by atoms with Gasteiger partial charge in [-0.1, -0.05) is 48.5 Å². The molecule has 5 nitrogen and oxygen atoms in total. The van der Waals surface area contributed by atoms with Gasteiger partial charge in [-0.05, 0) is 32.4 Å². The molecule has 0 bridgehead atoms. The lowest BCUT2D eigenvalue weighted by molar-refractivity contribution is 0.0602. The number of carbonyl (C=O) groups excluding carboxylic acids is 1. The van der Waals surface area contributed by atoms with Crippen LogP contribution in [-0.2, 0) is 6.54 Å². The Kier molecular flexibility index (Phi) is 5.95. The minimum absolute atomic E-state index is 0.0781. The minimum Gasteiger partial charge on any atom is -0.341 e. The Bertz CT molecular complexity index is 1020. The topological polar surface area (TPSA) is 52.2 Å². The highest BCUT2D eigenvalue weighted by molar-refractivity contribution is 5.94. The molecule has 3 aromatic rings. The molecule has 1 N–H and O–H groups in total. The number of nitrogens with one attached hydrogen (secondary N) is 1. The van der Waals surface area contributed by atoms with E-state index in [0.29, 0.717) is 23.6 Å². The Morgan fingerprint density at radius 3 is 2.70 bits per heavy atom. The second-order valence-corrected chi connectivity index (χ2v) is 7.96. The predicted molar refractivity (Wildman–Crippen MR) is 116 cm³/mol. The van der Waals surface area contributed by atoms with Gasteiger partial charge in [-0.3, -0.25) is 9.69 Å². The van der Waals surface area contributed by atoms with Crippen molar-refractivity contribution < 1.29 is 9.18 Å². The average Bonchev–Trinajstić information content (AvgIpc) is 3.17. The van der Waals surface area contributed by atoms with Crippen molar-refractivity contribution in [2.24, 2.45) is 0 Å². The van der Waals surface area contributed by atoms with Gasteiger partial charge in [0.2, 0.25) is 0 Å². The lowest BCUT2D eigenvalue weighted by atomic mass is 10.0. The number of imidazole rings is 1. The quantitative estimate of drug-likeness (QED) is 0.689. The maximum atomic E-state index is 14.0. The maximum absolute atomic E-state index is 14.0. The van der Waals surface area contributed by atoms with Crippen LogP contribution in [0.5, 0.6) is 0 Å². The van der Waals surface area contributed by atoms with Gasteiger partial charge >= 0.3 is 0 Å². The third kappa shape index (κ3) is 4.28. The first-order valence-corrected chi connectivity index (χ1v) is 10.4. The summed E-state index contributed by atoms with van der Waals surface area (Å²) in [4.78, 5) is 25.0. The molecule has 1 atom stereocenters. The number of hydrogen-bond donors (Lipinski definition) is 1. The maximum Gasteiger partial charge on any atom is 0.274 e. The minimum atomic E-state index is -0.176. The van der Waals surface area contributed by atoms with Crippen molar-refractivity contribution in [2.45, 2.75) is 32.4 Å². The van der Waals surface area contributed by atoms with E-state index in [1.54, 1.807) is 11.0 Å². The summed E-state index contributed by atoms with van der Waals surface area (Å²) < 4.78 is 14.0. The summed E-state index contributed by atoms with van der Waals surface area (Å²) in [5, 5.41) is 0. The molecule has 0 saturated carbocycles. The van der Waals surface area contributed by atoms with Crippen molar-refractivity contribution in [1.82, 2.24) is 19.8 Å². The second-order valence-electron chi connectivity index (χ2n) is 7.96. The number of likely N-dealkylation sites (tertiary alicyclic amines) is 1. The molecule has 1 aliphatic rings. The van der Waals surface area contributed by atoms with E-state index in [-0.39, 0.29) is 17.8 Å². The van der Waals surface area contributed by atoms with E-state index >= 15 is 0 Å². The fourth-order valence-electron chi connectivity index (χ4n) is 4.09. The lowest BCUT2D eigenvalue weighted by Gasteiger charge is -2.37. The van der Waals surface area contributed by atoms with E-state index in [2.05, 4.69) is 14.9 Å². The Morgan fingerprint density at radius 2 is 1.93 bits per heavy atom. The number of amides is 1. The van der Waals surface area contributed by atoms with E-state index in [9.17, 15) is 9.18 Å². The fraction of sp³-hybridized carbons (Fsp3) is 0.333. The summed E-state index contributed by atoms with van der Waals surface area (Å²) in [6, 6.07) is 16.8. The Balaban J connectivity index is 1.46. The first-order chi connectivity index (χ1) is 14.5. The average molecular weight is 407 g/mol. The van der Waals surface area contributed by atoms with Crippen LogP contribution in [0.4, 0.5) is 4.39 Å². The second kappa shape index (κ2) is 8.79. The van der Waals surface area contributed by atoms with Gasteiger partial charge < -0.3 is 9.88 Å². The normalized spacial score (nSPS) is 17.1. The van der Waals surface area contributed by atoms with Crippen LogP contribution in [0.15, 0.2) is 54.6 Å². The van der Waals surface area contributed by atoms with Gasteiger partial charge in [-0.2, -0.15) is 0 Å². The summed E-state index contributed by atoms with van der Waals surface area (Å²) in [6.07, 6.45) is 1.91. The van der Waals surface area contributed by atoms with Gasteiger partial charge in [-0.25, -0.2) is 9.37 Å². The number of nitrogens with zero attached hydrogens (tertiary/aromatic N) is 3. The van der Waals surface area contributed by atoms with Crippen molar-refractivity contribution >= 4 is 5.91 Å². The highest BCUT2D eigenvalue weighted by Gasteiger charge is 2.29. The van der Waals surface area contributed by atoms with Crippen LogP contribution >= 0.6 is 0 Å². The number of H-pyrrole nitrogens is 1. The summed E-state index contributed by atoms with van der Waals surface area (Å²) in [5.41, 5.74) is 2.88. The molecule has 0 radical (unpaired) electrons. The molecule has 2 aromatic carbocycles. The zero-order valence-corrected chi connectivity index (χ0v) is 17.4. The molecular formula is C24H27FN4O. The van der Waals surface area contributed by atoms with Gasteiger partial charge in [0.25, 0.3) is 5.91 Å². The first kappa shape index (κ1) is 20.3. The zero-order chi connectivity index (χ0) is 21.1. The van der Waals surface area contributed by atoms with Crippen LogP contribution in [0.25, 0.3) is 11.4 Å². The molecule has 0 aliphatic carbocycles. The summed E-state index contributed by atoms with van der Waals surface area (Å²) >= 11 is 0. The monoisotopic (exact) mass is 406 g/mol. The first-order valence-electron chi connectivity index (χ1n) is 10.4. The van der Waals surface area contributed by atoms with Crippen LogP contribution in [0.1, 0.15) is 34.6 Å². The van der Waals surface area contributed by atoms with E-state index in [1.165, 1.54) is 6.07 Å². The van der Waals surface area contributed by atoms with Crippen molar-refractivity contribution in [3.8, 4) is 11.4 Å². The molecule has 1 unspecified atom stereocenters. The molecule has 4 rings (SSSR count). The molecule has 6 heteroatoms. The molecule has 1 aromatic heterocycles. The van der Waals surface area contributed by atoms with Gasteiger partial charge in [0, 0.05) is 43.0 Å². The number of aromatic amines is 1. The van der Waals surface area contributed by atoms with Gasteiger partial charge in [-0.15, -0.1) is 0 Å². The van der Waals surface area contributed by atoms with Crippen LogP contribution < -0.4 is 0 Å². The number of benzene rings is 2. The summed E-state index contributed by atoms with van der Waals surface area (Å²) in [5.74, 6) is 0.447. The number of piperidine rings is 1. The van der Waals surface area contributed by atoms with Crippen LogP contribution in [0, 0.1) is 12.7 Å². The Hall–Kier alpha value is -2.99. The van der Waals surface area contributed by atoms with Crippen molar-refractivity contribution in [3.63, 3.8) is 0 Å². The predicted octanol–water partition coefficient (Wildman–Crippen LogP) is 4.26. The number of rotatable bonds is 5. The molecule has 1 saturated heterocycles. The SMILES string of the molecule is Cc1[nH]c(-c2ccccc2)nc1C(=O)N(C)C1CCCN(Cc2ccccc2F)C1. The van der Waals surface area contributed by atoms with Crippen molar-refractivity contribution in [3.05, 3.63) is 77.4 Å². The third-order valence-electron chi connectivity index (χ3n) is 5.84. The standard InChI is InChI=1S/C24H27FN4O/c1-17-22(27-23(26-17)18-9-4-3-5-10-18)24(30)28(2)20-12-8-14-29(16-20)15-19-11-6-7-13-21(19)25/h3-7,9-11,13,20H,8,12,14-16H2,1-2H3,(H,26,27). The summed E-state index contributed by atoms with van der Waals surface area (Å²) in [7, 11) is 1.84. The van der Waals surface area contributed by atoms with E-state index in [0.717, 1.165) is 37.2 Å². The van der Waals surface area contributed by atoms with Crippen LogP contribution in [-0.4, -0.2) is 51.9 Å². The molecule has 2 heterocycles. The number of hydrogen-bond acceptors (Lipinski definition) is 3. The number of halogens is 1. The molecule has 156 valence electrons. The molecule has 0 spiro atoms. The highest BCUT2D eigenvalue weighted by atomic mass is 19.1.